The fraction of sp³-hybridized carbons (Fsp3) is 0.296. The monoisotopic (exact) mass is 490 g/mol. The number of fused-ring (bicyclic) bond motifs is 1. The van der Waals surface area contributed by atoms with Crippen molar-refractivity contribution >= 4 is 45.6 Å². The quantitative estimate of drug-likeness (QED) is 0.307. The lowest BCUT2D eigenvalue weighted by molar-refractivity contribution is 0.613. The Labute approximate surface area is 209 Å². The average molecular weight is 491 g/mol. The van der Waals surface area contributed by atoms with Crippen LogP contribution in [0.2, 0.25) is 5.02 Å². The summed E-state index contributed by atoms with van der Waals surface area (Å²) in [6, 6.07) is 14.4. The van der Waals surface area contributed by atoms with E-state index in [1.165, 1.54) is 18.9 Å². The van der Waals surface area contributed by atoms with Crippen LogP contribution in [-0.2, 0) is 6.54 Å². The molecule has 180 valence electrons. The van der Waals surface area contributed by atoms with Crippen LogP contribution in [0.3, 0.4) is 0 Å². The molecule has 1 aliphatic heterocycles. The smallest absolute Gasteiger partial charge is 0.227 e. The maximum absolute atomic E-state index is 14.7. The zero-order chi connectivity index (χ0) is 24.2. The molecule has 2 N–H and O–H groups in total. The number of benzene rings is 2. The maximum atomic E-state index is 14.7. The molecular formula is C27H28ClFN6. The first-order valence-electron chi connectivity index (χ1n) is 12.0. The van der Waals surface area contributed by atoms with Gasteiger partial charge in [0.25, 0.3) is 0 Å². The normalized spacial score (nSPS) is 14.1. The van der Waals surface area contributed by atoms with E-state index in [1.807, 2.05) is 43.3 Å². The molecule has 35 heavy (non-hydrogen) atoms. The predicted molar refractivity (Wildman–Crippen MR) is 141 cm³/mol. The van der Waals surface area contributed by atoms with E-state index in [1.54, 1.807) is 12.3 Å². The van der Waals surface area contributed by atoms with Gasteiger partial charge < -0.3 is 15.5 Å². The number of aryl methyl sites for hydroxylation is 1. The molecule has 0 atom stereocenters. The molecule has 0 bridgehead atoms. The van der Waals surface area contributed by atoms with Gasteiger partial charge in [0.15, 0.2) is 0 Å². The standard InChI is InChI=1S/C27H28ClFN6/c1-18-14-26(34-27(32-18)35-12-4-2-3-5-13-35)31-17-19-15-21(7-9-23(19)29)33-24-10-11-30-25-16-20(28)6-8-22(24)25/h6-11,14-16H,2-5,12-13,17H2,1H3,(H,30,33)(H,31,32,34). The first kappa shape index (κ1) is 23.3. The summed E-state index contributed by atoms with van der Waals surface area (Å²) in [7, 11) is 0. The summed E-state index contributed by atoms with van der Waals surface area (Å²) in [6.07, 6.45) is 6.54. The Hall–Kier alpha value is -3.45. The van der Waals surface area contributed by atoms with E-state index in [0.717, 1.165) is 59.9 Å². The summed E-state index contributed by atoms with van der Waals surface area (Å²) in [5, 5.41) is 8.26. The van der Waals surface area contributed by atoms with Gasteiger partial charge in [0.2, 0.25) is 5.95 Å². The van der Waals surface area contributed by atoms with Gasteiger partial charge in [-0.25, -0.2) is 9.37 Å². The highest BCUT2D eigenvalue weighted by atomic mass is 35.5. The molecule has 0 unspecified atom stereocenters. The van der Waals surface area contributed by atoms with Gasteiger partial charge in [-0.3, -0.25) is 4.98 Å². The summed E-state index contributed by atoms with van der Waals surface area (Å²) in [5.41, 5.74) is 3.90. The van der Waals surface area contributed by atoms with Gasteiger partial charge in [-0.2, -0.15) is 4.98 Å². The largest absolute Gasteiger partial charge is 0.366 e. The minimum atomic E-state index is -0.270. The lowest BCUT2D eigenvalue weighted by atomic mass is 10.1. The lowest BCUT2D eigenvalue weighted by Gasteiger charge is -2.21. The number of hydrogen-bond donors (Lipinski definition) is 2. The van der Waals surface area contributed by atoms with Crippen molar-refractivity contribution in [1.29, 1.82) is 0 Å². The molecule has 6 nitrogen and oxygen atoms in total. The fourth-order valence-electron chi connectivity index (χ4n) is 4.42. The first-order valence-corrected chi connectivity index (χ1v) is 12.4. The highest BCUT2D eigenvalue weighted by molar-refractivity contribution is 6.31. The highest BCUT2D eigenvalue weighted by Crippen LogP contribution is 2.28. The van der Waals surface area contributed by atoms with Gasteiger partial charge in [0, 0.05) is 64.9 Å². The van der Waals surface area contributed by atoms with Crippen LogP contribution >= 0.6 is 11.6 Å². The molecule has 2 aromatic heterocycles. The first-order chi connectivity index (χ1) is 17.0. The predicted octanol–water partition coefficient (Wildman–Crippen LogP) is 6.86. The second kappa shape index (κ2) is 10.4. The lowest BCUT2D eigenvalue weighted by Crippen LogP contribution is -2.26. The fourth-order valence-corrected chi connectivity index (χ4v) is 4.58. The highest BCUT2D eigenvalue weighted by Gasteiger charge is 2.14. The van der Waals surface area contributed by atoms with E-state index < -0.39 is 0 Å². The molecule has 1 saturated heterocycles. The zero-order valence-corrected chi connectivity index (χ0v) is 20.4. The Balaban J connectivity index is 1.33. The van der Waals surface area contributed by atoms with Gasteiger partial charge in [0.1, 0.15) is 11.6 Å². The molecule has 0 aliphatic carbocycles. The molecule has 3 heterocycles. The number of halogens is 2. The molecule has 0 spiro atoms. The van der Waals surface area contributed by atoms with Crippen molar-refractivity contribution < 1.29 is 4.39 Å². The Morgan fingerprint density at radius 3 is 2.63 bits per heavy atom. The Morgan fingerprint density at radius 1 is 0.971 bits per heavy atom. The molecule has 8 heteroatoms. The van der Waals surface area contributed by atoms with E-state index in [4.69, 9.17) is 16.6 Å². The summed E-state index contributed by atoms with van der Waals surface area (Å²) in [6.45, 7) is 4.22. The SMILES string of the molecule is Cc1cc(NCc2cc(Nc3ccnc4cc(Cl)ccc34)ccc2F)nc(N2CCCCCC2)n1. The second-order valence-corrected chi connectivity index (χ2v) is 9.34. The average Bonchev–Trinajstić information content (AvgIpc) is 3.14. The van der Waals surface area contributed by atoms with Crippen LogP contribution in [0.1, 0.15) is 36.9 Å². The summed E-state index contributed by atoms with van der Waals surface area (Å²) < 4.78 is 14.7. The van der Waals surface area contributed by atoms with Crippen molar-refractivity contribution in [3.05, 3.63) is 76.8 Å². The molecule has 0 amide bonds. The van der Waals surface area contributed by atoms with E-state index in [-0.39, 0.29) is 5.82 Å². The van der Waals surface area contributed by atoms with Crippen LogP contribution in [0.5, 0.6) is 0 Å². The van der Waals surface area contributed by atoms with Crippen LogP contribution < -0.4 is 15.5 Å². The Bertz CT molecular complexity index is 1340. The number of nitrogens with one attached hydrogen (secondary N) is 2. The summed E-state index contributed by atoms with van der Waals surface area (Å²) in [4.78, 5) is 16.0. The maximum Gasteiger partial charge on any atom is 0.227 e. The van der Waals surface area contributed by atoms with Crippen LogP contribution in [-0.4, -0.2) is 28.0 Å². The third kappa shape index (κ3) is 5.62. The molecule has 4 aromatic rings. The Kier molecular flexibility index (Phi) is 6.95. The van der Waals surface area contributed by atoms with Gasteiger partial charge in [-0.1, -0.05) is 24.4 Å². The van der Waals surface area contributed by atoms with E-state index in [2.05, 4.69) is 25.5 Å². The summed E-state index contributed by atoms with van der Waals surface area (Å²) >= 11 is 6.10. The molecular weight excluding hydrogens is 463 g/mol. The molecule has 2 aromatic carbocycles. The second-order valence-electron chi connectivity index (χ2n) is 8.90. The molecule has 5 rings (SSSR count). The minimum Gasteiger partial charge on any atom is -0.366 e. The van der Waals surface area contributed by atoms with Crippen molar-refractivity contribution in [2.45, 2.75) is 39.2 Å². The van der Waals surface area contributed by atoms with Crippen LogP contribution in [0.25, 0.3) is 10.9 Å². The van der Waals surface area contributed by atoms with Crippen molar-refractivity contribution in [2.24, 2.45) is 0 Å². The van der Waals surface area contributed by atoms with E-state index in [0.29, 0.717) is 22.9 Å². The van der Waals surface area contributed by atoms with Crippen molar-refractivity contribution in [3.63, 3.8) is 0 Å². The van der Waals surface area contributed by atoms with Crippen molar-refractivity contribution in [2.75, 3.05) is 28.6 Å². The van der Waals surface area contributed by atoms with Crippen molar-refractivity contribution in [1.82, 2.24) is 15.0 Å². The molecule has 1 fully saturated rings. The van der Waals surface area contributed by atoms with Gasteiger partial charge in [-0.15, -0.1) is 0 Å². The van der Waals surface area contributed by atoms with Gasteiger partial charge in [0.05, 0.1) is 5.52 Å². The summed E-state index contributed by atoms with van der Waals surface area (Å²) in [5.74, 6) is 1.18. The minimum absolute atomic E-state index is 0.270. The molecule has 0 saturated carbocycles. The van der Waals surface area contributed by atoms with Gasteiger partial charge in [-0.05, 0) is 62.2 Å². The number of nitrogens with zero attached hydrogens (tertiary/aromatic N) is 4. The van der Waals surface area contributed by atoms with Gasteiger partial charge >= 0.3 is 0 Å². The van der Waals surface area contributed by atoms with Crippen molar-refractivity contribution in [3.8, 4) is 0 Å². The number of anilines is 4. The van der Waals surface area contributed by atoms with E-state index >= 15 is 0 Å². The van der Waals surface area contributed by atoms with E-state index in [9.17, 15) is 4.39 Å². The molecule has 1 aliphatic rings. The Morgan fingerprint density at radius 2 is 1.80 bits per heavy atom. The van der Waals surface area contributed by atoms with Crippen LogP contribution in [0.15, 0.2) is 54.7 Å². The third-order valence-corrected chi connectivity index (χ3v) is 6.46. The third-order valence-electron chi connectivity index (χ3n) is 6.22. The number of pyridine rings is 1. The topological polar surface area (TPSA) is 66.0 Å². The number of rotatable bonds is 6. The van der Waals surface area contributed by atoms with Crippen LogP contribution in [0.4, 0.5) is 27.5 Å². The molecule has 0 radical (unpaired) electrons. The zero-order valence-electron chi connectivity index (χ0n) is 19.7. The number of hydrogen-bond acceptors (Lipinski definition) is 6. The van der Waals surface area contributed by atoms with Crippen LogP contribution in [0, 0.1) is 12.7 Å². The number of aromatic nitrogens is 3.